The van der Waals surface area contributed by atoms with Crippen LogP contribution in [0.5, 0.6) is 0 Å². The first kappa shape index (κ1) is 24.2. The Bertz CT molecular complexity index is 1260. The highest BCUT2D eigenvalue weighted by molar-refractivity contribution is 6.04. The quantitative estimate of drug-likeness (QED) is 0.584. The first-order valence-corrected chi connectivity index (χ1v) is 12.6. The maximum absolute atomic E-state index is 13.0. The summed E-state index contributed by atoms with van der Waals surface area (Å²) in [4.78, 5) is 20.1. The van der Waals surface area contributed by atoms with Gasteiger partial charge in [0.1, 0.15) is 0 Å². The summed E-state index contributed by atoms with van der Waals surface area (Å²) in [7, 11) is 0. The Balaban J connectivity index is 1.25. The number of aryl methyl sites for hydroxylation is 1. The number of hydrogen-bond donors (Lipinski definition) is 1. The van der Waals surface area contributed by atoms with E-state index in [4.69, 9.17) is 4.74 Å². The Morgan fingerprint density at radius 2 is 1.92 bits per heavy atom. The predicted octanol–water partition coefficient (Wildman–Crippen LogP) is 4.17. The van der Waals surface area contributed by atoms with Crippen molar-refractivity contribution in [2.45, 2.75) is 51.0 Å². The van der Waals surface area contributed by atoms with Crippen LogP contribution in [-0.4, -0.2) is 57.9 Å². The van der Waals surface area contributed by atoms with E-state index in [-0.39, 0.29) is 5.91 Å². The number of carbonyl (C=O) groups excluding carboxylic acids is 1. The molecule has 8 nitrogen and oxygen atoms in total. The summed E-state index contributed by atoms with van der Waals surface area (Å²) in [6, 6.07) is 14.8. The standard InChI is InChI=1S/C28H32N6O2/c1-20-4-3-5-24(16-20)34-21(2)25(18-31-34)27(35)32-22-6-7-26(30-17-22)28(19-29)10-8-23(9-11-28)33-12-14-36-15-13-33/h3-7,16-18,23H,8-15H2,1-2H3,(H,32,35)/t23-,28-. The predicted molar refractivity (Wildman–Crippen MR) is 137 cm³/mol. The molecule has 1 saturated heterocycles. The molecule has 1 N–H and O–H groups in total. The number of ether oxygens (including phenoxy) is 1. The molecule has 2 aromatic heterocycles. The molecule has 0 atom stereocenters. The van der Waals surface area contributed by atoms with Crippen LogP contribution in [0.3, 0.4) is 0 Å². The van der Waals surface area contributed by atoms with Crippen LogP contribution in [0.25, 0.3) is 5.69 Å². The molecule has 2 fully saturated rings. The summed E-state index contributed by atoms with van der Waals surface area (Å²) in [5.74, 6) is -0.234. The van der Waals surface area contributed by atoms with Crippen molar-refractivity contribution in [2.75, 3.05) is 31.6 Å². The normalized spacial score (nSPS) is 22.6. The fourth-order valence-electron chi connectivity index (χ4n) is 5.43. The number of pyridine rings is 1. The van der Waals surface area contributed by atoms with Crippen molar-refractivity contribution < 1.29 is 9.53 Å². The second kappa shape index (κ2) is 10.2. The molecule has 186 valence electrons. The molecule has 3 heterocycles. The summed E-state index contributed by atoms with van der Waals surface area (Å²) in [6.45, 7) is 7.44. The molecule has 0 spiro atoms. The molecular formula is C28H32N6O2. The van der Waals surface area contributed by atoms with Crippen LogP contribution in [0.15, 0.2) is 48.8 Å². The zero-order chi connectivity index (χ0) is 25.1. The first-order valence-electron chi connectivity index (χ1n) is 12.6. The van der Waals surface area contributed by atoms with E-state index in [2.05, 4.69) is 26.4 Å². The van der Waals surface area contributed by atoms with Crippen molar-refractivity contribution in [1.29, 1.82) is 5.26 Å². The molecule has 1 saturated carbocycles. The molecule has 0 unspecified atom stereocenters. The fraction of sp³-hybridized carbons (Fsp3) is 0.429. The lowest BCUT2D eigenvalue weighted by molar-refractivity contribution is 0.00493. The van der Waals surface area contributed by atoms with Gasteiger partial charge in [0.15, 0.2) is 0 Å². The highest BCUT2D eigenvalue weighted by Crippen LogP contribution is 2.40. The second-order valence-corrected chi connectivity index (χ2v) is 9.85. The molecule has 5 rings (SSSR count). The van der Waals surface area contributed by atoms with Gasteiger partial charge < -0.3 is 10.1 Å². The molecule has 36 heavy (non-hydrogen) atoms. The molecule has 1 aliphatic carbocycles. The van der Waals surface area contributed by atoms with Crippen LogP contribution in [0, 0.1) is 25.2 Å². The van der Waals surface area contributed by atoms with Gasteiger partial charge in [0.2, 0.25) is 0 Å². The lowest BCUT2D eigenvalue weighted by Crippen LogP contribution is -2.47. The van der Waals surface area contributed by atoms with E-state index in [1.165, 1.54) is 0 Å². The molecule has 1 aliphatic heterocycles. The number of hydrogen-bond acceptors (Lipinski definition) is 6. The first-order chi connectivity index (χ1) is 17.5. The lowest BCUT2D eigenvalue weighted by Gasteiger charge is -2.41. The van der Waals surface area contributed by atoms with E-state index in [1.54, 1.807) is 17.1 Å². The molecule has 8 heteroatoms. The van der Waals surface area contributed by atoms with Gasteiger partial charge >= 0.3 is 0 Å². The maximum Gasteiger partial charge on any atom is 0.259 e. The molecule has 0 bridgehead atoms. The molecule has 2 aliphatic rings. The summed E-state index contributed by atoms with van der Waals surface area (Å²) in [5.41, 5.74) is 4.13. The van der Waals surface area contributed by atoms with Gasteiger partial charge in [-0.1, -0.05) is 12.1 Å². The monoisotopic (exact) mass is 484 g/mol. The van der Waals surface area contributed by atoms with Crippen LogP contribution >= 0.6 is 0 Å². The van der Waals surface area contributed by atoms with Gasteiger partial charge in [-0.2, -0.15) is 10.4 Å². The van der Waals surface area contributed by atoms with Crippen LogP contribution < -0.4 is 5.32 Å². The van der Waals surface area contributed by atoms with Gasteiger partial charge in [0, 0.05) is 19.1 Å². The van der Waals surface area contributed by atoms with Crippen molar-refractivity contribution in [3.8, 4) is 11.8 Å². The average Bonchev–Trinajstić information content (AvgIpc) is 3.31. The average molecular weight is 485 g/mol. The van der Waals surface area contributed by atoms with E-state index < -0.39 is 5.41 Å². The van der Waals surface area contributed by atoms with Gasteiger partial charge in [-0.3, -0.25) is 14.7 Å². The van der Waals surface area contributed by atoms with Crippen LogP contribution in [0.1, 0.15) is 53.0 Å². The maximum atomic E-state index is 13.0. The van der Waals surface area contributed by atoms with E-state index in [0.29, 0.717) is 17.3 Å². The van der Waals surface area contributed by atoms with Crippen molar-refractivity contribution in [3.05, 3.63) is 71.3 Å². The third kappa shape index (κ3) is 4.77. The van der Waals surface area contributed by atoms with E-state index in [9.17, 15) is 10.1 Å². The lowest BCUT2D eigenvalue weighted by atomic mass is 9.71. The summed E-state index contributed by atoms with van der Waals surface area (Å²) in [6.07, 6.45) is 6.80. The van der Waals surface area contributed by atoms with Crippen molar-refractivity contribution in [2.24, 2.45) is 0 Å². The number of nitrogens with zero attached hydrogens (tertiary/aromatic N) is 5. The molecule has 1 aromatic carbocycles. The summed E-state index contributed by atoms with van der Waals surface area (Å²) < 4.78 is 7.25. The Hall–Kier alpha value is -3.54. The van der Waals surface area contributed by atoms with Crippen molar-refractivity contribution in [3.63, 3.8) is 0 Å². The van der Waals surface area contributed by atoms with Crippen LogP contribution in [0.4, 0.5) is 5.69 Å². The Morgan fingerprint density at radius 3 is 2.58 bits per heavy atom. The third-order valence-corrected chi connectivity index (χ3v) is 7.60. The highest BCUT2D eigenvalue weighted by Gasteiger charge is 2.40. The number of nitrogens with one attached hydrogen (secondary N) is 1. The Labute approximate surface area is 211 Å². The number of anilines is 1. The minimum absolute atomic E-state index is 0.234. The fourth-order valence-corrected chi connectivity index (χ4v) is 5.43. The number of rotatable bonds is 5. The van der Waals surface area contributed by atoms with Gasteiger partial charge in [0.05, 0.1) is 65.4 Å². The van der Waals surface area contributed by atoms with E-state index in [1.807, 2.05) is 50.2 Å². The van der Waals surface area contributed by atoms with Gasteiger partial charge in [-0.05, 0) is 69.4 Å². The number of carbonyl (C=O) groups is 1. The zero-order valence-corrected chi connectivity index (χ0v) is 20.9. The third-order valence-electron chi connectivity index (χ3n) is 7.60. The molecule has 1 amide bonds. The highest BCUT2D eigenvalue weighted by atomic mass is 16.5. The Kier molecular flexibility index (Phi) is 6.86. The SMILES string of the molecule is Cc1cccc(-n2ncc(C(=O)Nc3ccc([C@]4(C#N)CC[C@@H](N5CCOCC5)CC4)nc3)c2C)c1. The molecule has 3 aromatic rings. The minimum atomic E-state index is -0.573. The minimum Gasteiger partial charge on any atom is -0.379 e. The van der Waals surface area contributed by atoms with Crippen molar-refractivity contribution in [1.82, 2.24) is 19.7 Å². The topological polar surface area (TPSA) is 96.1 Å². The smallest absolute Gasteiger partial charge is 0.259 e. The largest absolute Gasteiger partial charge is 0.379 e. The zero-order valence-electron chi connectivity index (χ0n) is 20.9. The van der Waals surface area contributed by atoms with Gasteiger partial charge in [0.25, 0.3) is 5.91 Å². The number of morpholine rings is 1. The Morgan fingerprint density at radius 1 is 1.14 bits per heavy atom. The van der Waals surface area contributed by atoms with E-state index >= 15 is 0 Å². The van der Waals surface area contributed by atoms with E-state index in [0.717, 1.165) is 74.6 Å². The molecule has 0 radical (unpaired) electrons. The summed E-state index contributed by atoms with van der Waals surface area (Å²) >= 11 is 0. The van der Waals surface area contributed by atoms with Gasteiger partial charge in [-0.15, -0.1) is 0 Å². The van der Waals surface area contributed by atoms with Gasteiger partial charge in [-0.25, -0.2) is 4.68 Å². The second-order valence-electron chi connectivity index (χ2n) is 9.85. The molecular weight excluding hydrogens is 452 g/mol. The van der Waals surface area contributed by atoms with Crippen molar-refractivity contribution >= 4 is 11.6 Å². The number of benzene rings is 1. The van der Waals surface area contributed by atoms with Crippen LogP contribution in [0.2, 0.25) is 0 Å². The number of nitriles is 1. The number of aromatic nitrogens is 3. The van der Waals surface area contributed by atoms with Crippen LogP contribution in [-0.2, 0) is 10.2 Å². The number of amides is 1. The summed E-state index contributed by atoms with van der Waals surface area (Å²) in [5, 5.41) is 17.4.